The molecule has 0 unspecified atom stereocenters. The molecule has 1 aromatic heterocycles. The van der Waals surface area contributed by atoms with Crippen molar-refractivity contribution in [2.24, 2.45) is 0 Å². The van der Waals surface area contributed by atoms with E-state index in [1.807, 2.05) is 35.2 Å². The monoisotopic (exact) mass is 410 g/mol. The van der Waals surface area contributed by atoms with Crippen molar-refractivity contribution in [3.63, 3.8) is 0 Å². The second kappa shape index (κ2) is 7.38. The Balaban J connectivity index is 1.40. The van der Waals surface area contributed by atoms with Gasteiger partial charge < -0.3 is 14.6 Å². The lowest BCUT2D eigenvalue weighted by Crippen LogP contribution is -2.37. The summed E-state index contributed by atoms with van der Waals surface area (Å²) in [4.78, 5) is 17.6. The van der Waals surface area contributed by atoms with Gasteiger partial charge in [0.1, 0.15) is 5.75 Å². The average Bonchev–Trinajstić information content (AvgIpc) is 3.10. The third-order valence-electron chi connectivity index (χ3n) is 4.66. The molecule has 26 heavy (non-hydrogen) atoms. The summed E-state index contributed by atoms with van der Waals surface area (Å²) in [5, 5.41) is 1.23. The molecule has 0 fully saturated rings. The number of carbonyl (C=O) groups excluding carboxylic acids is 1. The van der Waals surface area contributed by atoms with Gasteiger partial charge in [0, 0.05) is 40.2 Å². The number of fused-ring (bicyclic) bond motifs is 1. The van der Waals surface area contributed by atoms with Gasteiger partial charge in [0.25, 0.3) is 5.91 Å². The minimum atomic E-state index is 0.0132. The Labute approximate surface area is 160 Å². The van der Waals surface area contributed by atoms with Crippen LogP contribution in [0.4, 0.5) is 0 Å². The minimum absolute atomic E-state index is 0.0132. The molecule has 0 saturated carbocycles. The predicted octanol–water partition coefficient (Wildman–Crippen LogP) is 4.63. The molecule has 1 amide bonds. The van der Waals surface area contributed by atoms with Gasteiger partial charge in [-0.25, -0.2) is 0 Å². The lowest BCUT2D eigenvalue weighted by Gasteiger charge is -2.26. The van der Waals surface area contributed by atoms with E-state index in [0.29, 0.717) is 18.8 Å². The zero-order valence-corrected chi connectivity index (χ0v) is 15.8. The van der Waals surface area contributed by atoms with Crippen molar-refractivity contribution >= 4 is 38.3 Å². The summed E-state index contributed by atoms with van der Waals surface area (Å²) in [7, 11) is 0. The third-order valence-corrected chi connectivity index (χ3v) is 5.15. The molecule has 132 valence electrons. The summed E-state index contributed by atoms with van der Waals surface area (Å²) >= 11 is 3.40. The van der Waals surface area contributed by atoms with Crippen molar-refractivity contribution in [2.75, 3.05) is 19.7 Å². The van der Waals surface area contributed by atoms with Gasteiger partial charge in [0.15, 0.2) is 6.61 Å². The minimum Gasteiger partial charge on any atom is -0.484 e. The highest BCUT2D eigenvalue weighted by Gasteiger charge is 2.19. The number of aromatic amines is 1. The molecule has 0 aliphatic carbocycles. The van der Waals surface area contributed by atoms with E-state index < -0.39 is 0 Å². The number of hydrogen-bond donors (Lipinski definition) is 1. The zero-order chi connectivity index (χ0) is 17.9. The van der Waals surface area contributed by atoms with Gasteiger partial charge in [-0.05, 0) is 36.3 Å². The van der Waals surface area contributed by atoms with Crippen molar-refractivity contribution < 1.29 is 9.53 Å². The van der Waals surface area contributed by atoms with E-state index in [2.05, 4.69) is 51.4 Å². The molecule has 2 aromatic carbocycles. The summed E-state index contributed by atoms with van der Waals surface area (Å²) in [6.45, 7) is 1.40. The topological polar surface area (TPSA) is 45.3 Å². The Morgan fingerprint density at radius 3 is 2.88 bits per heavy atom. The molecule has 1 aliphatic heterocycles. The average molecular weight is 411 g/mol. The van der Waals surface area contributed by atoms with Crippen molar-refractivity contribution in [2.45, 2.75) is 6.42 Å². The number of benzene rings is 2. The number of aromatic nitrogens is 1. The Morgan fingerprint density at radius 1 is 1.19 bits per heavy atom. The number of nitrogens with zero attached hydrogens (tertiary/aromatic N) is 1. The van der Waals surface area contributed by atoms with Gasteiger partial charge in [-0.3, -0.25) is 4.79 Å². The molecule has 0 saturated heterocycles. The largest absolute Gasteiger partial charge is 0.484 e. The van der Waals surface area contributed by atoms with Gasteiger partial charge in [0.2, 0.25) is 0 Å². The summed E-state index contributed by atoms with van der Waals surface area (Å²) in [5.74, 6) is 0.707. The molecule has 2 heterocycles. The van der Waals surface area contributed by atoms with Gasteiger partial charge in [0.05, 0.1) is 0 Å². The molecule has 4 nitrogen and oxygen atoms in total. The van der Waals surface area contributed by atoms with Crippen molar-refractivity contribution in [1.29, 1.82) is 0 Å². The quantitative estimate of drug-likeness (QED) is 0.681. The maximum absolute atomic E-state index is 12.4. The molecule has 1 aliphatic rings. The SMILES string of the molecule is O=C(COc1cccc(Br)c1)N1CC=C(c2c[nH]c3ccccc23)CC1. The van der Waals surface area contributed by atoms with Crippen LogP contribution in [0.1, 0.15) is 12.0 Å². The number of para-hydroxylation sites is 1. The van der Waals surface area contributed by atoms with Crippen molar-refractivity contribution in [1.82, 2.24) is 9.88 Å². The van der Waals surface area contributed by atoms with Crippen LogP contribution in [0.15, 0.2) is 65.3 Å². The van der Waals surface area contributed by atoms with Gasteiger partial charge >= 0.3 is 0 Å². The number of hydrogen-bond acceptors (Lipinski definition) is 2. The number of ether oxygens (including phenoxy) is 1. The first-order chi connectivity index (χ1) is 12.7. The first-order valence-corrected chi connectivity index (χ1v) is 9.42. The number of carbonyl (C=O) groups is 1. The highest BCUT2D eigenvalue weighted by atomic mass is 79.9. The molecule has 1 N–H and O–H groups in total. The molecule has 3 aromatic rings. The summed E-state index contributed by atoms with van der Waals surface area (Å²) in [6, 6.07) is 15.8. The van der Waals surface area contributed by atoms with Gasteiger partial charge in [-0.2, -0.15) is 0 Å². The maximum atomic E-state index is 12.4. The number of rotatable bonds is 4. The summed E-state index contributed by atoms with van der Waals surface area (Å²) < 4.78 is 6.55. The van der Waals surface area contributed by atoms with Crippen LogP contribution in [0.5, 0.6) is 5.75 Å². The van der Waals surface area contributed by atoms with Crippen LogP contribution >= 0.6 is 15.9 Å². The number of halogens is 1. The van der Waals surface area contributed by atoms with Crippen LogP contribution in [-0.4, -0.2) is 35.5 Å². The zero-order valence-electron chi connectivity index (χ0n) is 14.2. The normalized spacial score (nSPS) is 14.3. The predicted molar refractivity (Wildman–Crippen MR) is 107 cm³/mol. The Morgan fingerprint density at radius 2 is 2.08 bits per heavy atom. The molecular weight excluding hydrogens is 392 g/mol. The fourth-order valence-electron chi connectivity index (χ4n) is 3.27. The van der Waals surface area contributed by atoms with Crippen LogP contribution in [0.25, 0.3) is 16.5 Å². The Bertz CT molecular complexity index is 977. The van der Waals surface area contributed by atoms with E-state index >= 15 is 0 Å². The smallest absolute Gasteiger partial charge is 0.260 e. The molecule has 4 rings (SSSR count). The Kier molecular flexibility index (Phi) is 4.80. The number of H-pyrrole nitrogens is 1. The van der Waals surface area contributed by atoms with Crippen LogP contribution in [0.2, 0.25) is 0 Å². The van der Waals surface area contributed by atoms with E-state index in [0.717, 1.165) is 16.4 Å². The fraction of sp³-hybridized carbons (Fsp3) is 0.190. The Hall–Kier alpha value is -2.53. The number of nitrogens with one attached hydrogen (secondary N) is 1. The van der Waals surface area contributed by atoms with Crippen molar-refractivity contribution in [3.8, 4) is 5.75 Å². The highest BCUT2D eigenvalue weighted by Crippen LogP contribution is 2.29. The molecule has 0 bridgehead atoms. The van der Waals surface area contributed by atoms with E-state index in [-0.39, 0.29) is 12.5 Å². The van der Waals surface area contributed by atoms with Crippen LogP contribution in [0, 0.1) is 0 Å². The van der Waals surface area contributed by atoms with Crippen LogP contribution in [0.3, 0.4) is 0 Å². The standard InChI is InChI=1S/C21H19BrN2O2/c22-16-4-3-5-17(12-16)26-14-21(25)24-10-8-15(9-11-24)19-13-23-20-7-2-1-6-18(19)20/h1-8,12-13,23H,9-11,14H2. The molecule has 0 atom stereocenters. The van der Waals surface area contributed by atoms with E-state index in [9.17, 15) is 4.79 Å². The van der Waals surface area contributed by atoms with Crippen LogP contribution < -0.4 is 4.74 Å². The number of amides is 1. The lowest BCUT2D eigenvalue weighted by molar-refractivity contribution is -0.132. The first-order valence-electron chi connectivity index (χ1n) is 8.62. The van der Waals surface area contributed by atoms with E-state index in [1.54, 1.807) is 0 Å². The molecule has 0 spiro atoms. The molecule has 0 radical (unpaired) electrons. The summed E-state index contributed by atoms with van der Waals surface area (Å²) in [6.07, 6.45) is 5.06. The summed E-state index contributed by atoms with van der Waals surface area (Å²) in [5.41, 5.74) is 3.67. The maximum Gasteiger partial charge on any atom is 0.260 e. The third kappa shape index (κ3) is 3.53. The lowest BCUT2D eigenvalue weighted by atomic mass is 9.99. The first kappa shape index (κ1) is 16.9. The molecule has 5 heteroatoms. The van der Waals surface area contributed by atoms with Crippen molar-refractivity contribution in [3.05, 3.63) is 70.8 Å². The molecular formula is C21H19BrN2O2. The second-order valence-corrected chi connectivity index (χ2v) is 7.23. The van der Waals surface area contributed by atoms with E-state index in [1.165, 1.54) is 16.5 Å². The van der Waals surface area contributed by atoms with Crippen LogP contribution in [-0.2, 0) is 4.79 Å². The highest BCUT2D eigenvalue weighted by molar-refractivity contribution is 9.10. The van der Waals surface area contributed by atoms with Gasteiger partial charge in [-0.1, -0.05) is 46.3 Å². The van der Waals surface area contributed by atoms with Gasteiger partial charge in [-0.15, -0.1) is 0 Å². The van der Waals surface area contributed by atoms with E-state index in [4.69, 9.17) is 4.74 Å². The second-order valence-electron chi connectivity index (χ2n) is 6.31. The fourth-order valence-corrected chi connectivity index (χ4v) is 3.65.